The van der Waals surface area contributed by atoms with Crippen molar-refractivity contribution in [2.75, 3.05) is 0 Å². The second-order valence-corrected chi connectivity index (χ2v) is 6.00. The third-order valence-electron chi connectivity index (χ3n) is 6.29. The van der Waals surface area contributed by atoms with Crippen molar-refractivity contribution in [3.63, 3.8) is 0 Å². The van der Waals surface area contributed by atoms with Crippen molar-refractivity contribution in [2.24, 2.45) is 10.8 Å². The quantitative estimate of drug-likeness (QED) is 0.570. The molecule has 0 unspecified atom stereocenters. The number of epoxide rings is 1. The normalized spacial score (nSPS) is 61.3. The van der Waals surface area contributed by atoms with Gasteiger partial charge < -0.3 is 4.74 Å². The second kappa shape index (κ2) is 1.84. The van der Waals surface area contributed by atoms with Crippen LogP contribution in [0.3, 0.4) is 0 Å². The standard InChI is InChI=1S/C13H18O2/c1-7-8(2)10(3)11(4,9(7)14)13(6)12(10,5)15-13/h1-6H3/t10-,11+,12-,13-/m1/s1. The summed E-state index contributed by atoms with van der Waals surface area (Å²) in [6.07, 6.45) is 0. The van der Waals surface area contributed by atoms with Crippen molar-refractivity contribution in [3.05, 3.63) is 11.1 Å². The maximum atomic E-state index is 12.4. The van der Waals surface area contributed by atoms with Gasteiger partial charge in [-0.05, 0) is 40.2 Å². The van der Waals surface area contributed by atoms with Gasteiger partial charge in [0.15, 0.2) is 5.78 Å². The molecular formula is C13H18O2. The second-order valence-electron chi connectivity index (χ2n) is 6.00. The number of carbonyl (C=O) groups excluding carboxylic acids is 1. The van der Waals surface area contributed by atoms with Gasteiger partial charge in [0.1, 0.15) is 11.2 Å². The highest BCUT2D eigenvalue weighted by atomic mass is 16.6. The molecule has 3 aliphatic rings. The Labute approximate surface area is 90.7 Å². The highest BCUT2D eigenvalue weighted by Gasteiger charge is 2.96. The Morgan fingerprint density at radius 2 is 1.40 bits per heavy atom. The third-order valence-corrected chi connectivity index (χ3v) is 6.29. The lowest BCUT2D eigenvalue weighted by Crippen LogP contribution is -2.68. The van der Waals surface area contributed by atoms with Crippen LogP contribution in [0.4, 0.5) is 0 Å². The Hall–Kier alpha value is -0.630. The van der Waals surface area contributed by atoms with Crippen LogP contribution in [0.15, 0.2) is 11.1 Å². The summed E-state index contributed by atoms with van der Waals surface area (Å²) in [7, 11) is 0. The lowest BCUT2D eigenvalue weighted by atomic mass is 9.40. The van der Waals surface area contributed by atoms with Crippen molar-refractivity contribution >= 4 is 5.78 Å². The molecule has 82 valence electrons. The number of allylic oxidation sites excluding steroid dienone is 1. The van der Waals surface area contributed by atoms with Gasteiger partial charge in [0.2, 0.25) is 0 Å². The molecule has 2 heteroatoms. The minimum Gasteiger partial charge on any atom is -0.361 e. The number of carbonyl (C=O) groups is 1. The van der Waals surface area contributed by atoms with E-state index in [-0.39, 0.29) is 22.0 Å². The first-order valence-electron chi connectivity index (χ1n) is 5.61. The van der Waals surface area contributed by atoms with Crippen LogP contribution in [0.25, 0.3) is 0 Å². The molecule has 2 nitrogen and oxygen atoms in total. The number of ketones is 1. The first-order chi connectivity index (χ1) is 6.68. The van der Waals surface area contributed by atoms with E-state index < -0.39 is 0 Å². The van der Waals surface area contributed by atoms with E-state index in [1.54, 1.807) is 0 Å². The Morgan fingerprint density at radius 3 is 1.87 bits per heavy atom. The van der Waals surface area contributed by atoms with E-state index in [1.165, 1.54) is 5.57 Å². The molecule has 0 N–H and O–H groups in total. The van der Waals surface area contributed by atoms with Crippen LogP contribution in [-0.4, -0.2) is 17.0 Å². The van der Waals surface area contributed by atoms with E-state index in [2.05, 4.69) is 34.6 Å². The van der Waals surface area contributed by atoms with Gasteiger partial charge in [-0.2, -0.15) is 0 Å². The number of hydrogen-bond acceptors (Lipinski definition) is 2. The lowest BCUT2D eigenvalue weighted by molar-refractivity contribution is -0.140. The van der Waals surface area contributed by atoms with Crippen molar-refractivity contribution in [3.8, 4) is 0 Å². The summed E-state index contributed by atoms with van der Waals surface area (Å²) in [6, 6.07) is 0. The molecule has 0 amide bonds. The predicted molar refractivity (Wildman–Crippen MR) is 57.5 cm³/mol. The fourth-order valence-corrected chi connectivity index (χ4v) is 4.53. The topological polar surface area (TPSA) is 29.6 Å². The summed E-state index contributed by atoms with van der Waals surface area (Å²) >= 11 is 0. The monoisotopic (exact) mass is 206 g/mol. The maximum absolute atomic E-state index is 12.4. The van der Waals surface area contributed by atoms with Gasteiger partial charge in [-0.1, -0.05) is 12.5 Å². The molecule has 0 spiro atoms. The minimum atomic E-state index is -0.330. The highest BCUT2D eigenvalue weighted by Crippen LogP contribution is 2.86. The number of rotatable bonds is 0. The molecule has 1 aliphatic heterocycles. The minimum absolute atomic E-state index is 0.0874. The maximum Gasteiger partial charge on any atom is 0.168 e. The summed E-state index contributed by atoms with van der Waals surface area (Å²) < 4.78 is 5.91. The molecule has 1 saturated heterocycles. The molecular weight excluding hydrogens is 188 g/mol. The molecule has 0 aromatic rings. The Kier molecular flexibility index (Phi) is 1.17. The van der Waals surface area contributed by atoms with Crippen molar-refractivity contribution < 1.29 is 9.53 Å². The molecule has 15 heavy (non-hydrogen) atoms. The van der Waals surface area contributed by atoms with Crippen molar-refractivity contribution in [1.82, 2.24) is 0 Å². The summed E-state index contributed by atoms with van der Waals surface area (Å²) in [5, 5.41) is 0. The zero-order valence-electron chi connectivity index (χ0n) is 10.3. The van der Waals surface area contributed by atoms with Gasteiger partial charge in [-0.15, -0.1) is 0 Å². The van der Waals surface area contributed by atoms with E-state index in [1.807, 2.05) is 6.92 Å². The fraction of sp³-hybridized carbons (Fsp3) is 0.769. The van der Waals surface area contributed by atoms with Crippen LogP contribution < -0.4 is 0 Å². The number of ether oxygens (including phenoxy) is 1. The third kappa shape index (κ3) is 0.490. The molecule has 2 aliphatic carbocycles. The summed E-state index contributed by atoms with van der Waals surface area (Å²) in [6.45, 7) is 12.5. The first kappa shape index (κ1) is 9.59. The molecule has 0 aromatic carbocycles. The highest BCUT2D eigenvalue weighted by molar-refractivity contribution is 6.08. The summed E-state index contributed by atoms with van der Waals surface area (Å²) in [5.74, 6) is 0.292. The largest absolute Gasteiger partial charge is 0.361 e. The van der Waals surface area contributed by atoms with E-state index in [0.29, 0.717) is 5.78 Å². The van der Waals surface area contributed by atoms with Gasteiger partial charge in [0, 0.05) is 5.41 Å². The van der Waals surface area contributed by atoms with Gasteiger partial charge in [-0.3, -0.25) is 4.79 Å². The number of Topliss-reactive ketones (excluding diaryl/α,β-unsaturated/α-hetero) is 1. The van der Waals surface area contributed by atoms with Crippen LogP contribution in [0.2, 0.25) is 0 Å². The van der Waals surface area contributed by atoms with Crippen LogP contribution in [0.5, 0.6) is 0 Å². The van der Waals surface area contributed by atoms with Crippen molar-refractivity contribution in [1.29, 1.82) is 0 Å². The van der Waals surface area contributed by atoms with Crippen molar-refractivity contribution in [2.45, 2.75) is 52.7 Å². The van der Waals surface area contributed by atoms with E-state index in [4.69, 9.17) is 4.74 Å². The van der Waals surface area contributed by atoms with E-state index >= 15 is 0 Å². The zero-order valence-corrected chi connectivity index (χ0v) is 10.3. The molecule has 2 fully saturated rings. The Balaban J connectivity index is 2.29. The lowest BCUT2D eigenvalue weighted by Gasteiger charge is -2.56. The predicted octanol–water partition coefficient (Wildman–Crippen LogP) is 2.48. The number of hydrogen-bond donors (Lipinski definition) is 0. The van der Waals surface area contributed by atoms with Gasteiger partial charge >= 0.3 is 0 Å². The van der Waals surface area contributed by atoms with E-state index in [0.717, 1.165) is 5.57 Å². The van der Waals surface area contributed by atoms with Crippen LogP contribution >= 0.6 is 0 Å². The molecule has 0 aromatic heterocycles. The number of fused-ring (bicyclic) bond motifs is 4. The Bertz CT molecular complexity index is 449. The molecule has 1 heterocycles. The van der Waals surface area contributed by atoms with Crippen LogP contribution in [0.1, 0.15) is 41.5 Å². The average Bonchev–Trinajstić information content (AvgIpc) is 2.71. The van der Waals surface area contributed by atoms with E-state index in [9.17, 15) is 4.79 Å². The van der Waals surface area contributed by atoms with Crippen LogP contribution in [-0.2, 0) is 9.53 Å². The SMILES string of the molecule is CC1=C(C)[C@@]2(C)[C@@]3(C)O[C@]3(C)[C@@]2(C)C1=O. The molecule has 3 rings (SSSR count). The summed E-state index contributed by atoms with van der Waals surface area (Å²) in [5.41, 5.74) is 1.42. The fourth-order valence-electron chi connectivity index (χ4n) is 4.53. The smallest absolute Gasteiger partial charge is 0.168 e. The first-order valence-corrected chi connectivity index (χ1v) is 5.61. The molecule has 0 radical (unpaired) electrons. The average molecular weight is 206 g/mol. The molecule has 0 bridgehead atoms. The molecule has 4 atom stereocenters. The zero-order chi connectivity index (χ0) is 11.4. The Morgan fingerprint density at radius 1 is 0.933 bits per heavy atom. The van der Waals surface area contributed by atoms with Gasteiger partial charge in [0.05, 0.1) is 5.41 Å². The van der Waals surface area contributed by atoms with Gasteiger partial charge in [-0.25, -0.2) is 0 Å². The summed E-state index contributed by atoms with van der Waals surface area (Å²) in [4.78, 5) is 12.4. The van der Waals surface area contributed by atoms with Crippen LogP contribution in [0, 0.1) is 10.8 Å². The molecule has 1 saturated carbocycles. The van der Waals surface area contributed by atoms with Gasteiger partial charge in [0.25, 0.3) is 0 Å².